The maximum absolute atomic E-state index is 11.3. The molecule has 0 spiro atoms. The largest absolute Gasteiger partial charge is 0.301 e. The van der Waals surface area contributed by atoms with Crippen LogP contribution in [0.25, 0.3) is 10.7 Å². The van der Waals surface area contributed by atoms with Crippen LogP contribution in [0.5, 0.6) is 0 Å². The van der Waals surface area contributed by atoms with Crippen LogP contribution in [-0.2, 0) is 16.4 Å². The van der Waals surface area contributed by atoms with Gasteiger partial charge in [0.15, 0.2) is 15.3 Å². The van der Waals surface area contributed by atoms with Crippen LogP contribution in [0.2, 0.25) is 0 Å². The van der Waals surface area contributed by atoms with Crippen LogP contribution in [0, 0.1) is 6.92 Å². The molecule has 0 aliphatic rings. The number of hydrogen-bond acceptors (Lipinski definition) is 8. The Balaban J connectivity index is 1.73. The fourth-order valence-electron chi connectivity index (χ4n) is 2.42. The molecule has 140 valence electrons. The molecule has 0 N–H and O–H groups in total. The lowest BCUT2D eigenvalue weighted by atomic mass is 10.2. The minimum absolute atomic E-state index is 0.243. The van der Waals surface area contributed by atoms with Crippen LogP contribution in [0.4, 0.5) is 0 Å². The molecule has 0 bridgehead atoms. The standard InChI is InChI=1S/C16H20N4O2S4/c1-12-11-24-16(17-12)25-15-19-18-14(13-7-6-9-23-13)20(15)8-4-3-5-10-26(2,21)22/h6-7,9,11H,3-5,8,10H2,1-2H3. The third-order valence-electron chi connectivity index (χ3n) is 3.63. The van der Waals surface area contributed by atoms with Crippen LogP contribution in [-0.4, -0.2) is 40.2 Å². The first-order valence-corrected chi connectivity index (χ1v) is 12.8. The van der Waals surface area contributed by atoms with Gasteiger partial charge in [0.25, 0.3) is 0 Å². The van der Waals surface area contributed by atoms with Crippen molar-refractivity contribution >= 4 is 44.3 Å². The number of aryl methyl sites for hydroxylation is 1. The van der Waals surface area contributed by atoms with E-state index in [0.717, 1.165) is 45.3 Å². The Hall–Kier alpha value is -1.23. The van der Waals surface area contributed by atoms with Gasteiger partial charge in [0, 0.05) is 29.6 Å². The molecule has 3 aromatic heterocycles. The Kier molecular flexibility index (Phi) is 6.49. The van der Waals surface area contributed by atoms with Gasteiger partial charge in [0.1, 0.15) is 9.84 Å². The summed E-state index contributed by atoms with van der Waals surface area (Å²) in [7, 11) is -2.89. The molecule has 0 aromatic carbocycles. The maximum atomic E-state index is 11.3. The Bertz CT molecular complexity index is 945. The molecular weight excluding hydrogens is 408 g/mol. The van der Waals surface area contributed by atoms with Crippen LogP contribution in [0.1, 0.15) is 25.0 Å². The van der Waals surface area contributed by atoms with Gasteiger partial charge in [0.2, 0.25) is 0 Å². The minimum Gasteiger partial charge on any atom is -0.301 e. The summed E-state index contributed by atoms with van der Waals surface area (Å²) in [5.74, 6) is 1.10. The zero-order valence-electron chi connectivity index (χ0n) is 14.6. The van der Waals surface area contributed by atoms with Gasteiger partial charge in [-0.1, -0.05) is 12.5 Å². The third kappa shape index (κ3) is 5.38. The summed E-state index contributed by atoms with van der Waals surface area (Å²) in [5, 5.41) is 13.6. The first-order chi connectivity index (χ1) is 12.4. The zero-order valence-corrected chi connectivity index (χ0v) is 17.8. The fourth-order valence-corrected chi connectivity index (χ4v) is 5.66. The molecule has 3 aromatic rings. The van der Waals surface area contributed by atoms with Crippen molar-refractivity contribution in [3.63, 3.8) is 0 Å². The lowest BCUT2D eigenvalue weighted by Gasteiger charge is -2.08. The lowest BCUT2D eigenvalue weighted by molar-refractivity contribution is 0.563. The molecule has 0 aliphatic heterocycles. The molecule has 0 unspecified atom stereocenters. The summed E-state index contributed by atoms with van der Waals surface area (Å²) >= 11 is 4.76. The molecule has 3 heterocycles. The number of thiazole rings is 1. The van der Waals surface area contributed by atoms with Gasteiger partial charge in [-0.3, -0.25) is 0 Å². The first kappa shape index (κ1) is 19.5. The third-order valence-corrected chi connectivity index (χ3v) is 7.57. The molecule has 0 saturated carbocycles. The minimum atomic E-state index is -2.89. The molecule has 26 heavy (non-hydrogen) atoms. The van der Waals surface area contributed by atoms with Gasteiger partial charge in [-0.25, -0.2) is 13.4 Å². The molecule has 3 rings (SSSR count). The second kappa shape index (κ2) is 8.64. The van der Waals surface area contributed by atoms with Crippen molar-refractivity contribution in [1.82, 2.24) is 19.7 Å². The van der Waals surface area contributed by atoms with Crippen molar-refractivity contribution in [3.05, 3.63) is 28.6 Å². The molecule has 10 heteroatoms. The van der Waals surface area contributed by atoms with Crippen LogP contribution in [0.15, 0.2) is 32.4 Å². The Morgan fingerprint density at radius 1 is 1.19 bits per heavy atom. The number of aromatic nitrogens is 4. The fraction of sp³-hybridized carbons (Fsp3) is 0.438. The highest BCUT2D eigenvalue weighted by molar-refractivity contribution is 8.00. The average Bonchev–Trinajstić information content (AvgIpc) is 3.28. The second-order valence-electron chi connectivity index (χ2n) is 5.98. The zero-order chi connectivity index (χ0) is 18.6. The van der Waals surface area contributed by atoms with Gasteiger partial charge in [-0.15, -0.1) is 32.9 Å². The van der Waals surface area contributed by atoms with E-state index in [1.54, 1.807) is 22.7 Å². The monoisotopic (exact) mass is 428 g/mol. The van der Waals surface area contributed by atoms with Gasteiger partial charge in [-0.2, -0.15) is 0 Å². The van der Waals surface area contributed by atoms with Gasteiger partial charge >= 0.3 is 0 Å². The molecule has 0 atom stereocenters. The Morgan fingerprint density at radius 3 is 2.69 bits per heavy atom. The predicted molar refractivity (Wildman–Crippen MR) is 108 cm³/mol. The van der Waals surface area contributed by atoms with Gasteiger partial charge < -0.3 is 4.57 Å². The van der Waals surface area contributed by atoms with Crippen LogP contribution in [0.3, 0.4) is 0 Å². The van der Waals surface area contributed by atoms with Crippen molar-refractivity contribution in [2.45, 2.75) is 42.2 Å². The smallest absolute Gasteiger partial charge is 0.198 e. The number of sulfone groups is 1. The number of unbranched alkanes of at least 4 members (excludes halogenated alkanes) is 2. The molecule has 0 saturated heterocycles. The summed E-state index contributed by atoms with van der Waals surface area (Å²) in [6.07, 6.45) is 3.71. The number of thiophene rings is 1. The molecule has 0 radical (unpaired) electrons. The molecular formula is C16H20N4O2S4. The highest BCUT2D eigenvalue weighted by atomic mass is 32.2. The Labute approximate surface area is 165 Å². The SMILES string of the molecule is Cc1csc(Sc2nnc(-c3cccs3)n2CCCCCS(C)(=O)=O)n1. The van der Waals surface area contributed by atoms with Crippen molar-refractivity contribution in [2.75, 3.05) is 12.0 Å². The van der Waals surface area contributed by atoms with E-state index in [4.69, 9.17) is 0 Å². The van der Waals surface area contributed by atoms with E-state index in [0.29, 0.717) is 6.42 Å². The van der Waals surface area contributed by atoms with E-state index in [9.17, 15) is 8.42 Å². The highest BCUT2D eigenvalue weighted by Gasteiger charge is 2.17. The van der Waals surface area contributed by atoms with Crippen molar-refractivity contribution in [2.24, 2.45) is 0 Å². The molecule has 6 nitrogen and oxygen atoms in total. The average molecular weight is 429 g/mol. The molecule has 0 fully saturated rings. The van der Waals surface area contributed by atoms with E-state index >= 15 is 0 Å². The van der Waals surface area contributed by atoms with Gasteiger partial charge in [-0.05, 0) is 43.0 Å². The van der Waals surface area contributed by atoms with Crippen molar-refractivity contribution < 1.29 is 8.42 Å². The predicted octanol–water partition coefficient (Wildman–Crippen LogP) is 4.14. The van der Waals surface area contributed by atoms with E-state index in [-0.39, 0.29) is 5.75 Å². The van der Waals surface area contributed by atoms with Crippen molar-refractivity contribution in [1.29, 1.82) is 0 Å². The summed E-state index contributed by atoms with van der Waals surface area (Å²) in [6.45, 7) is 2.74. The first-order valence-electron chi connectivity index (χ1n) is 8.17. The van der Waals surface area contributed by atoms with Crippen LogP contribution < -0.4 is 0 Å². The Morgan fingerprint density at radius 2 is 2.04 bits per heavy atom. The summed E-state index contributed by atoms with van der Waals surface area (Å²) in [5.41, 5.74) is 1.00. The van der Waals surface area contributed by atoms with E-state index in [1.807, 2.05) is 29.8 Å². The summed E-state index contributed by atoms with van der Waals surface area (Å²) < 4.78 is 25.6. The van der Waals surface area contributed by atoms with E-state index < -0.39 is 9.84 Å². The summed E-state index contributed by atoms with van der Waals surface area (Å²) in [4.78, 5) is 5.57. The molecule has 0 aliphatic carbocycles. The van der Waals surface area contributed by atoms with Crippen molar-refractivity contribution in [3.8, 4) is 10.7 Å². The normalized spacial score (nSPS) is 11.9. The van der Waals surface area contributed by atoms with E-state index in [1.165, 1.54) is 18.0 Å². The quantitative estimate of drug-likeness (QED) is 0.477. The second-order valence-corrected chi connectivity index (χ2v) is 11.3. The lowest BCUT2D eigenvalue weighted by Crippen LogP contribution is -2.05. The number of rotatable bonds is 9. The van der Waals surface area contributed by atoms with E-state index in [2.05, 4.69) is 19.7 Å². The van der Waals surface area contributed by atoms with Crippen LogP contribution >= 0.6 is 34.4 Å². The summed E-state index contributed by atoms with van der Waals surface area (Å²) in [6, 6.07) is 4.04. The van der Waals surface area contributed by atoms with Gasteiger partial charge in [0.05, 0.1) is 4.88 Å². The highest BCUT2D eigenvalue weighted by Crippen LogP contribution is 2.33. The topological polar surface area (TPSA) is 77.7 Å². The number of nitrogens with zero attached hydrogens (tertiary/aromatic N) is 4. The maximum Gasteiger partial charge on any atom is 0.198 e. The molecule has 0 amide bonds. The number of hydrogen-bond donors (Lipinski definition) is 0.